The van der Waals surface area contributed by atoms with Crippen LogP contribution in [0, 0.1) is 0 Å². The van der Waals surface area contributed by atoms with Crippen molar-refractivity contribution in [2.75, 3.05) is 27.2 Å². The molecule has 0 bridgehead atoms. The van der Waals surface area contributed by atoms with Crippen molar-refractivity contribution < 1.29 is 9.53 Å². The Morgan fingerprint density at radius 3 is 2.55 bits per heavy atom. The van der Waals surface area contributed by atoms with Gasteiger partial charge in [0.15, 0.2) is 0 Å². The molecule has 0 rings (SSSR count). The van der Waals surface area contributed by atoms with E-state index in [1.165, 1.54) is 0 Å². The van der Waals surface area contributed by atoms with Crippen LogP contribution >= 0.6 is 0 Å². The van der Waals surface area contributed by atoms with Crippen LogP contribution in [0.15, 0.2) is 0 Å². The standard InChI is InChI=1S/C8H17NO2/c1-4-11-8(10)6-5-7-9(2)3/h4-7H2,1-3H3. The first kappa shape index (κ1) is 10.4. The van der Waals surface area contributed by atoms with Gasteiger partial charge in [0.2, 0.25) is 0 Å². The molecule has 0 heterocycles. The minimum Gasteiger partial charge on any atom is -0.466 e. The number of ether oxygens (including phenoxy) is 1. The van der Waals surface area contributed by atoms with E-state index in [-0.39, 0.29) is 5.97 Å². The normalized spacial score (nSPS) is 10.2. The smallest absolute Gasteiger partial charge is 0.305 e. The number of esters is 1. The van der Waals surface area contributed by atoms with Crippen LogP contribution in [0.5, 0.6) is 0 Å². The van der Waals surface area contributed by atoms with Gasteiger partial charge in [-0.25, -0.2) is 0 Å². The Balaban J connectivity index is 3.17. The molecule has 3 nitrogen and oxygen atoms in total. The summed E-state index contributed by atoms with van der Waals surface area (Å²) in [5, 5.41) is 0. The molecule has 0 aliphatic heterocycles. The number of carbonyl (C=O) groups excluding carboxylic acids is 1. The van der Waals surface area contributed by atoms with Gasteiger partial charge in [0.1, 0.15) is 0 Å². The van der Waals surface area contributed by atoms with E-state index in [2.05, 4.69) is 4.90 Å². The van der Waals surface area contributed by atoms with Crippen molar-refractivity contribution in [1.29, 1.82) is 0 Å². The third-order valence-corrected chi connectivity index (χ3v) is 1.29. The lowest BCUT2D eigenvalue weighted by molar-refractivity contribution is -0.143. The van der Waals surface area contributed by atoms with E-state index in [4.69, 9.17) is 4.74 Å². The maximum Gasteiger partial charge on any atom is 0.305 e. The van der Waals surface area contributed by atoms with Crippen molar-refractivity contribution in [2.45, 2.75) is 19.8 Å². The Labute approximate surface area is 68.3 Å². The van der Waals surface area contributed by atoms with Gasteiger partial charge >= 0.3 is 5.97 Å². The number of nitrogens with zero attached hydrogens (tertiary/aromatic N) is 1. The molecule has 0 atom stereocenters. The first-order valence-electron chi connectivity index (χ1n) is 3.97. The molecule has 0 aliphatic rings. The molecule has 0 saturated carbocycles. The second kappa shape index (κ2) is 6.16. The molecule has 0 radical (unpaired) electrons. The molecule has 3 heteroatoms. The quantitative estimate of drug-likeness (QED) is 0.558. The van der Waals surface area contributed by atoms with Gasteiger partial charge in [-0.2, -0.15) is 0 Å². The van der Waals surface area contributed by atoms with Crippen molar-refractivity contribution >= 4 is 5.97 Å². The van der Waals surface area contributed by atoms with Crippen molar-refractivity contribution in [3.63, 3.8) is 0 Å². The highest BCUT2D eigenvalue weighted by Gasteiger charge is 2.00. The monoisotopic (exact) mass is 159 g/mol. The molecule has 66 valence electrons. The van der Waals surface area contributed by atoms with E-state index in [9.17, 15) is 4.79 Å². The molecule has 0 unspecified atom stereocenters. The van der Waals surface area contributed by atoms with Gasteiger partial charge in [-0.1, -0.05) is 0 Å². The summed E-state index contributed by atoms with van der Waals surface area (Å²) in [6, 6.07) is 0. The number of hydrogen-bond acceptors (Lipinski definition) is 3. The lowest BCUT2D eigenvalue weighted by atomic mass is 10.3. The molecule has 0 saturated heterocycles. The second-order valence-corrected chi connectivity index (χ2v) is 2.71. The lowest BCUT2D eigenvalue weighted by Gasteiger charge is -2.07. The first-order valence-corrected chi connectivity index (χ1v) is 3.97. The summed E-state index contributed by atoms with van der Waals surface area (Å²) in [4.78, 5) is 12.8. The van der Waals surface area contributed by atoms with Gasteiger partial charge in [0.25, 0.3) is 0 Å². The zero-order valence-electron chi connectivity index (χ0n) is 7.59. The SMILES string of the molecule is CCOC(=O)CCCN(C)C. The van der Waals surface area contributed by atoms with Crippen molar-refractivity contribution in [3.8, 4) is 0 Å². The molecular formula is C8H17NO2. The highest BCUT2D eigenvalue weighted by molar-refractivity contribution is 5.69. The first-order chi connectivity index (χ1) is 5.16. The summed E-state index contributed by atoms with van der Waals surface area (Å²) in [6.07, 6.45) is 1.41. The Bertz CT molecular complexity index is 113. The van der Waals surface area contributed by atoms with Gasteiger partial charge in [-0.05, 0) is 34.0 Å². The predicted molar refractivity (Wildman–Crippen MR) is 44.4 cm³/mol. The van der Waals surface area contributed by atoms with Crippen LogP contribution in [0.1, 0.15) is 19.8 Å². The molecule has 0 aromatic heterocycles. The van der Waals surface area contributed by atoms with Crippen molar-refractivity contribution in [2.24, 2.45) is 0 Å². The number of hydrogen-bond donors (Lipinski definition) is 0. The highest BCUT2D eigenvalue weighted by Crippen LogP contribution is 1.93. The molecular weight excluding hydrogens is 142 g/mol. The fourth-order valence-electron chi connectivity index (χ4n) is 0.773. The Morgan fingerprint density at radius 2 is 2.09 bits per heavy atom. The maximum atomic E-state index is 10.8. The maximum absolute atomic E-state index is 10.8. The molecule has 0 spiro atoms. The van der Waals surface area contributed by atoms with E-state index in [0.29, 0.717) is 13.0 Å². The largest absolute Gasteiger partial charge is 0.466 e. The molecule has 0 aromatic carbocycles. The summed E-state index contributed by atoms with van der Waals surface area (Å²) < 4.78 is 4.77. The minimum absolute atomic E-state index is 0.0886. The molecule has 0 aromatic rings. The average Bonchev–Trinajstić information content (AvgIpc) is 1.87. The summed E-state index contributed by atoms with van der Waals surface area (Å²) in [5.74, 6) is -0.0886. The Hall–Kier alpha value is -0.570. The van der Waals surface area contributed by atoms with Crippen LogP contribution < -0.4 is 0 Å². The predicted octanol–water partition coefficient (Wildman–Crippen LogP) is 0.891. The van der Waals surface area contributed by atoms with Gasteiger partial charge in [0, 0.05) is 6.42 Å². The third-order valence-electron chi connectivity index (χ3n) is 1.29. The molecule has 0 aliphatic carbocycles. The van der Waals surface area contributed by atoms with Gasteiger partial charge in [-0.3, -0.25) is 4.79 Å². The van der Waals surface area contributed by atoms with Gasteiger partial charge in [0.05, 0.1) is 6.61 Å². The van der Waals surface area contributed by atoms with Crippen molar-refractivity contribution in [3.05, 3.63) is 0 Å². The summed E-state index contributed by atoms with van der Waals surface area (Å²) in [7, 11) is 3.98. The molecule has 11 heavy (non-hydrogen) atoms. The average molecular weight is 159 g/mol. The molecule has 0 fully saturated rings. The van der Waals surface area contributed by atoms with Crippen LogP contribution in [0.3, 0.4) is 0 Å². The zero-order valence-corrected chi connectivity index (χ0v) is 7.59. The number of rotatable bonds is 5. The van der Waals surface area contributed by atoms with Crippen LogP contribution in [0.2, 0.25) is 0 Å². The van der Waals surface area contributed by atoms with Crippen LogP contribution in [-0.4, -0.2) is 38.1 Å². The van der Waals surface area contributed by atoms with Crippen LogP contribution in [0.25, 0.3) is 0 Å². The topological polar surface area (TPSA) is 29.5 Å². The van der Waals surface area contributed by atoms with Crippen LogP contribution in [-0.2, 0) is 9.53 Å². The Kier molecular flexibility index (Phi) is 5.84. The summed E-state index contributed by atoms with van der Waals surface area (Å²) in [5.41, 5.74) is 0. The Morgan fingerprint density at radius 1 is 1.45 bits per heavy atom. The van der Waals surface area contributed by atoms with E-state index < -0.39 is 0 Å². The van der Waals surface area contributed by atoms with E-state index in [0.717, 1.165) is 13.0 Å². The van der Waals surface area contributed by atoms with E-state index >= 15 is 0 Å². The van der Waals surface area contributed by atoms with E-state index in [1.807, 2.05) is 21.0 Å². The second-order valence-electron chi connectivity index (χ2n) is 2.71. The van der Waals surface area contributed by atoms with Gasteiger partial charge < -0.3 is 9.64 Å². The lowest BCUT2D eigenvalue weighted by Crippen LogP contribution is -2.15. The highest BCUT2D eigenvalue weighted by atomic mass is 16.5. The zero-order chi connectivity index (χ0) is 8.69. The summed E-state index contributed by atoms with van der Waals surface area (Å²) >= 11 is 0. The fourth-order valence-corrected chi connectivity index (χ4v) is 0.773. The molecule has 0 N–H and O–H groups in total. The van der Waals surface area contributed by atoms with Crippen molar-refractivity contribution in [1.82, 2.24) is 4.90 Å². The van der Waals surface area contributed by atoms with E-state index in [1.54, 1.807) is 0 Å². The number of carbonyl (C=O) groups is 1. The molecule has 0 amide bonds. The van der Waals surface area contributed by atoms with Gasteiger partial charge in [-0.15, -0.1) is 0 Å². The minimum atomic E-state index is -0.0886. The van der Waals surface area contributed by atoms with Crippen LogP contribution in [0.4, 0.5) is 0 Å². The third kappa shape index (κ3) is 7.33. The summed E-state index contributed by atoms with van der Waals surface area (Å²) in [6.45, 7) is 3.25. The fraction of sp³-hybridized carbons (Fsp3) is 0.875.